The molecule has 0 unspecified atom stereocenters. The molecule has 0 spiro atoms. The molecule has 0 radical (unpaired) electrons. The van der Waals surface area contributed by atoms with Gasteiger partial charge in [0, 0.05) is 13.1 Å². The zero-order valence-corrected chi connectivity index (χ0v) is 11.9. The zero-order valence-electron chi connectivity index (χ0n) is 11.9. The molecule has 0 aromatic rings. The Hall–Kier alpha value is -1.26. The highest BCUT2D eigenvalue weighted by atomic mass is 16.7. The zero-order chi connectivity index (χ0) is 16.2. The molecule has 0 aromatic carbocycles. The van der Waals surface area contributed by atoms with E-state index in [0.29, 0.717) is 13.1 Å². The van der Waals surface area contributed by atoms with Crippen molar-refractivity contribution in [2.24, 2.45) is 0 Å². The molecule has 122 valence electrons. The Morgan fingerprint density at radius 3 is 2.14 bits per heavy atom. The van der Waals surface area contributed by atoms with Gasteiger partial charge in [-0.15, -0.1) is 0 Å². The summed E-state index contributed by atoms with van der Waals surface area (Å²) in [6.07, 6.45) is -8.43. The van der Waals surface area contributed by atoms with Gasteiger partial charge in [0.2, 0.25) is 5.91 Å². The molecule has 0 saturated carbocycles. The first-order valence-corrected chi connectivity index (χ1v) is 6.65. The van der Waals surface area contributed by atoms with Crippen LogP contribution in [0.3, 0.4) is 0 Å². The predicted octanol–water partition coefficient (Wildman–Crippen LogP) is -2.24. The average molecular weight is 307 g/mol. The minimum atomic E-state index is -1.78. The molecule has 1 fully saturated rings. The molecular weight excluding hydrogens is 286 g/mol. The second-order valence-corrected chi connectivity index (χ2v) is 4.61. The van der Waals surface area contributed by atoms with Crippen LogP contribution in [0, 0.1) is 0 Å². The van der Waals surface area contributed by atoms with Gasteiger partial charge in [-0.3, -0.25) is 4.79 Å². The van der Waals surface area contributed by atoms with Crippen LogP contribution >= 0.6 is 0 Å². The van der Waals surface area contributed by atoms with E-state index in [4.69, 9.17) is 14.6 Å². The monoisotopic (exact) mass is 307 g/mol. The van der Waals surface area contributed by atoms with Crippen LogP contribution in [0.4, 0.5) is 0 Å². The maximum absolute atomic E-state index is 11.8. The van der Waals surface area contributed by atoms with Crippen molar-refractivity contribution in [2.75, 3.05) is 19.7 Å². The van der Waals surface area contributed by atoms with Crippen molar-refractivity contribution in [3.8, 4) is 0 Å². The molecule has 4 N–H and O–H groups in total. The molecule has 9 heteroatoms. The third-order valence-corrected chi connectivity index (χ3v) is 3.30. The number of carbonyl (C=O) groups excluding carboxylic acids is 1. The quantitative estimate of drug-likeness (QED) is 0.432. The molecule has 9 nitrogen and oxygen atoms in total. The minimum Gasteiger partial charge on any atom is -0.479 e. The van der Waals surface area contributed by atoms with Gasteiger partial charge in [0.25, 0.3) is 0 Å². The number of aliphatic hydroxyl groups excluding tert-OH is 3. The van der Waals surface area contributed by atoms with Crippen LogP contribution in [0.15, 0.2) is 0 Å². The normalized spacial score (nSPS) is 32.7. The number of carbonyl (C=O) groups is 2. The molecule has 0 bridgehead atoms. The van der Waals surface area contributed by atoms with Crippen LogP contribution in [0.25, 0.3) is 0 Å². The Morgan fingerprint density at radius 2 is 1.67 bits per heavy atom. The Balaban J connectivity index is 2.65. The highest BCUT2D eigenvalue weighted by molar-refractivity contribution is 5.77. The van der Waals surface area contributed by atoms with E-state index in [1.165, 1.54) is 4.90 Å². The summed E-state index contributed by atoms with van der Waals surface area (Å²) in [7, 11) is 0. The van der Waals surface area contributed by atoms with Crippen molar-refractivity contribution < 1.29 is 39.5 Å². The molecule has 1 aliphatic rings. The molecule has 5 atom stereocenters. The van der Waals surface area contributed by atoms with Crippen LogP contribution in [-0.4, -0.2) is 87.6 Å². The summed E-state index contributed by atoms with van der Waals surface area (Å²) in [6, 6.07) is 0. The van der Waals surface area contributed by atoms with Crippen molar-refractivity contribution >= 4 is 11.9 Å². The fraction of sp³-hybridized carbons (Fsp3) is 0.833. The van der Waals surface area contributed by atoms with Gasteiger partial charge in [-0.1, -0.05) is 0 Å². The molecule has 0 aliphatic carbocycles. The lowest BCUT2D eigenvalue weighted by Crippen LogP contribution is -2.60. The lowest BCUT2D eigenvalue weighted by atomic mass is 9.99. The number of ether oxygens (including phenoxy) is 2. The van der Waals surface area contributed by atoms with Gasteiger partial charge in [0.15, 0.2) is 12.4 Å². The second kappa shape index (κ2) is 7.66. The molecule has 1 heterocycles. The Labute approximate surface area is 121 Å². The van der Waals surface area contributed by atoms with E-state index in [-0.39, 0.29) is 5.91 Å². The van der Waals surface area contributed by atoms with Crippen LogP contribution in [0.2, 0.25) is 0 Å². The number of nitrogens with zero attached hydrogens (tertiary/aromatic N) is 1. The number of hydrogen-bond acceptors (Lipinski definition) is 7. The van der Waals surface area contributed by atoms with Gasteiger partial charge in [0.05, 0.1) is 0 Å². The third kappa shape index (κ3) is 4.11. The van der Waals surface area contributed by atoms with Crippen molar-refractivity contribution in [1.29, 1.82) is 0 Å². The number of hydrogen-bond donors (Lipinski definition) is 4. The van der Waals surface area contributed by atoms with Gasteiger partial charge in [-0.25, -0.2) is 4.79 Å². The highest BCUT2D eigenvalue weighted by Gasteiger charge is 2.47. The van der Waals surface area contributed by atoms with E-state index in [1.54, 1.807) is 13.8 Å². The van der Waals surface area contributed by atoms with Crippen LogP contribution in [0.1, 0.15) is 13.8 Å². The van der Waals surface area contributed by atoms with E-state index in [2.05, 4.69) is 0 Å². The predicted molar refractivity (Wildman–Crippen MR) is 68.2 cm³/mol. The summed E-state index contributed by atoms with van der Waals surface area (Å²) >= 11 is 0. The third-order valence-electron chi connectivity index (χ3n) is 3.30. The molecular formula is C12H21NO8. The van der Waals surface area contributed by atoms with Gasteiger partial charge < -0.3 is 34.8 Å². The van der Waals surface area contributed by atoms with E-state index in [0.717, 1.165) is 0 Å². The molecule has 21 heavy (non-hydrogen) atoms. The largest absolute Gasteiger partial charge is 0.479 e. The molecule has 1 rings (SSSR count). The summed E-state index contributed by atoms with van der Waals surface area (Å²) in [6.45, 7) is 4.10. The molecule has 1 saturated heterocycles. The van der Waals surface area contributed by atoms with Crippen molar-refractivity contribution in [3.05, 3.63) is 0 Å². The van der Waals surface area contributed by atoms with Crippen molar-refractivity contribution in [2.45, 2.75) is 44.6 Å². The average Bonchev–Trinajstić information content (AvgIpc) is 2.45. The second-order valence-electron chi connectivity index (χ2n) is 4.61. The molecule has 1 amide bonds. The van der Waals surface area contributed by atoms with Crippen LogP contribution < -0.4 is 0 Å². The lowest BCUT2D eigenvalue weighted by Gasteiger charge is -2.38. The van der Waals surface area contributed by atoms with Crippen LogP contribution in [-0.2, 0) is 19.1 Å². The van der Waals surface area contributed by atoms with E-state index < -0.39 is 43.3 Å². The fourth-order valence-electron chi connectivity index (χ4n) is 2.01. The van der Waals surface area contributed by atoms with Gasteiger partial charge in [-0.05, 0) is 13.8 Å². The smallest absolute Gasteiger partial charge is 0.335 e. The van der Waals surface area contributed by atoms with E-state index in [9.17, 15) is 24.9 Å². The Kier molecular flexibility index (Phi) is 6.49. The van der Waals surface area contributed by atoms with Crippen LogP contribution in [0.5, 0.6) is 0 Å². The maximum atomic E-state index is 11.8. The maximum Gasteiger partial charge on any atom is 0.335 e. The first-order valence-electron chi connectivity index (χ1n) is 6.65. The van der Waals surface area contributed by atoms with Gasteiger partial charge in [-0.2, -0.15) is 0 Å². The number of carboxylic acid groups (broad SMARTS) is 1. The summed E-state index contributed by atoms with van der Waals surface area (Å²) in [5.74, 6) is -1.86. The summed E-state index contributed by atoms with van der Waals surface area (Å²) in [5, 5.41) is 37.6. The summed E-state index contributed by atoms with van der Waals surface area (Å²) in [4.78, 5) is 24.1. The minimum absolute atomic E-state index is 0.358. The fourth-order valence-corrected chi connectivity index (χ4v) is 2.01. The SMILES string of the molecule is CCN(CC)C(=O)CO[C@@H]1O[C@H](C(=O)O)[C@@H](O)[C@H](O)[C@H]1O. The van der Waals surface area contributed by atoms with E-state index in [1.807, 2.05) is 0 Å². The Bertz CT molecular complexity index is 372. The number of rotatable bonds is 6. The van der Waals surface area contributed by atoms with Gasteiger partial charge >= 0.3 is 5.97 Å². The number of carboxylic acids is 1. The van der Waals surface area contributed by atoms with E-state index >= 15 is 0 Å². The lowest BCUT2D eigenvalue weighted by molar-refractivity contribution is -0.292. The Morgan fingerprint density at radius 1 is 1.10 bits per heavy atom. The standard InChI is InChI=1S/C12H21NO8/c1-3-13(4-2)6(14)5-20-12-9(17)7(15)8(16)10(21-12)11(18)19/h7-10,12,15-17H,3-5H2,1-2H3,(H,18,19)/t7-,8-,9+,10-,12+/m0/s1. The number of amides is 1. The number of aliphatic carboxylic acids is 1. The van der Waals surface area contributed by atoms with Crippen molar-refractivity contribution in [1.82, 2.24) is 4.90 Å². The van der Waals surface area contributed by atoms with Crippen molar-refractivity contribution in [3.63, 3.8) is 0 Å². The first-order chi connectivity index (χ1) is 9.83. The molecule has 0 aromatic heterocycles. The first kappa shape index (κ1) is 17.8. The number of likely N-dealkylation sites (N-methyl/N-ethyl adjacent to an activating group) is 1. The van der Waals surface area contributed by atoms with Gasteiger partial charge in [0.1, 0.15) is 24.9 Å². The highest BCUT2D eigenvalue weighted by Crippen LogP contribution is 2.22. The summed E-state index contributed by atoms with van der Waals surface area (Å²) in [5.41, 5.74) is 0. The molecule has 1 aliphatic heterocycles. The topological polar surface area (TPSA) is 137 Å². The number of aliphatic hydroxyl groups is 3. The summed E-state index contributed by atoms with van der Waals surface area (Å²) < 4.78 is 9.93.